The summed E-state index contributed by atoms with van der Waals surface area (Å²) < 4.78 is 22.6. The van der Waals surface area contributed by atoms with Gasteiger partial charge in [-0.15, -0.1) is 0 Å². The van der Waals surface area contributed by atoms with Crippen LogP contribution in [0.3, 0.4) is 0 Å². The minimum absolute atomic E-state index is 0.0617. The molecule has 0 bridgehead atoms. The minimum Gasteiger partial charge on any atom is -0.381 e. The number of nitrogens with two attached hydrogens (primary N) is 1. The van der Waals surface area contributed by atoms with Gasteiger partial charge in [0, 0.05) is 25.4 Å². The van der Waals surface area contributed by atoms with Gasteiger partial charge in [0.2, 0.25) is 0 Å². The monoisotopic (exact) mass is 298 g/mol. The van der Waals surface area contributed by atoms with E-state index in [9.17, 15) is 13.2 Å². The summed E-state index contributed by atoms with van der Waals surface area (Å²) >= 11 is 0. The van der Waals surface area contributed by atoms with Gasteiger partial charge >= 0.3 is 6.03 Å². The van der Waals surface area contributed by atoms with Gasteiger partial charge in [0.1, 0.15) is 0 Å². The molecule has 20 heavy (non-hydrogen) atoms. The van der Waals surface area contributed by atoms with Crippen molar-refractivity contribution in [1.29, 1.82) is 0 Å². The minimum atomic E-state index is -3.27. The van der Waals surface area contributed by atoms with Crippen molar-refractivity contribution in [2.24, 2.45) is 5.73 Å². The van der Waals surface area contributed by atoms with Gasteiger partial charge in [-0.05, 0) is 25.0 Å². The Hall–Kier alpha value is -1.83. The van der Waals surface area contributed by atoms with Crippen LogP contribution in [0.15, 0.2) is 23.4 Å². The Morgan fingerprint density at radius 2 is 2.05 bits per heavy atom. The summed E-state index contributed by atoms with van der Waals surface area (Å²) in [5.41, 5.74) is 6.00. The molecule has 0 spiro atoms. The average molecular weight is 298 g/mol. The predicted molar refractivity (Wildman–Crippen MR) is 75.1 cm³/mol. The molecule has 2 rings (SSSR count). The average Bonchev–Trinajstić information content (AvgIpc) is 2.39. The van der Waals surface area contributed by atoms with Gasteiger partial charge in [0.25, 0.3) is 0 Å². The fourth-order valence-electron chi connectivity index (χ4n) is 2.16. The number of aromatic nitrogens is 1. The lowest BCUT2D eigenvalue weighted by atomic mass is 10.1. The van der Waals surface area contributed by atoms with Crippen molar-refractivity contribution in [3.8, 4) is 0 Å². The van der Waals surface area contributed by atoms with Crippen LogP contribution >= 0.6 is 0 Å². The SMILES string of the molecule is CS(=O)(=O)c1ccc(NC2CCN(C(N)=O)CC2)cn1. The van der Waals surface area contributed by atoms with Crippen molar-refractivity contribution in [2.45, 2.75) is 23.9 Å². The molecule has 110 valence electrons. The highest BCUT2D eigenvalue weighted by atomic mass is 32.2. The van der Waals surface area contributed by atoms with Crippen molar-refractivity contribution in [3.05, 3.63) is 18.3 Å². The number of nitrogens with zero attached hydrogens (tertiary/aromatic N) is 2. The number of likely N-dealkylation sites (tertiary alicyclic amines) is 1. The summed E-state index contributed by atoms with van der Waals surface area (Å²) in [5, 5.41) is 3.34. The van der Waals surface area contributed by atoms with Gasteiger partial charge in [-0.1, -0.05) is 0 Å². The maximum atomic E-state index is 11.3. The Morgan fingerprint density at radius 1 is 1.40 bits per heavy atom. The van der Waals surface area contributed by atoms with Gasteiger partial charge in [0.05, 0.1) is 11.9 Å². The second kappa shape index (κ2) is 5.66. The van der Waals surface area contributed by atoms with Crippen molar-refractivity contribution >= 4 is 21.6 Å². The third-order valence-electron chi connectivity index (χ3n) is 3.29. The van der Waals surface area contributed by atoms with Gasteiger partial charge in [-0.2, -0.15) is 0 Å². The molecule has 1 aromatic rings. The Kier molecular flexibility index (Phi) is 4.12. The fraction of sp³-hybridized carbons (Fsp3) is 0.500. The summed E-state index contributed by atoms with van der Waals surface area (Å²) in [6.07, 6.45) is 4.24. The number of hydrogen-bond donors (Lipinski definition) is 2. The number of amides is 2. The highest BCUT2D eigenvalue weighted by Gasteiger charge is 2.21. The lowest BCUT2D eigenvalue weighted by Crippen LogP contribution is -2.44. The first-order chi connectivity index (χ1) is 9.36. The third-order valence-corrected chi connectivity index (χ3v) is 4.29. The lowest BCUT2D eigenvalue weighted by Gasteiger charge is -2.31. The third kappa shape index (κ3) is 3.60. The molecule has 0 unspecified atom stereocenters. The molecule has 1 aliphatic rings. The number of primary amides is 1. The van der Waals surface area contributed by atoms with E-state index in [-0.39, 0.29) is 17.1 Å². The van der Waals surface area contributed by atoms with Gasteiger partial charge in [-0.3, -0.25) is 0 Å². The second-order valence-electron chi connectivity index (χ2n) is 4.90. The zero-order valence-electron chi connectivity index (χ0n) is 11.2. The van der Waals surface area contributed by atoms with Crippen LogP contribution in [0, 0.1) is 0 Å². The molecule has 0 saturated carbocycles. The number of pyridine rings is 1. The molecule has 1 aliphatic heterocycles. The van der Waals surface area contributed by atoms with E-state index < -0.39 is 9.84 Å². The topological polar surface area (TPSA) is 105 Å². The highest BCUT2D eigenvalue weighted by molar-refractivity contribution is 7.90. The highest BCUT2D eigenvalue weighted by Crippen LogP contribution is 2.17. The normalized spacial score (nSPS) is 16.9. The summed E-state index contributed by atoms with van der Waals surface area (Å²) in [7, 11) is -3.27. The summed E-state index contributed by atoms with van der Waals surface area (Å²) in [4.78, 5) is 16.5. The molecule has 1 aromatic heterocycles. The second-order valence-corrected chi connectivity index (χ2v) is 6.86. The number of hydrogen-bond acceptors (Lipinski definition) is 5. The molecular weight excluding hydrogens is 280 g/mol. The first kappa shape index (κ1) is 14.6. The van der Waals surface area contributed by atoms with E-state index in [1.807, 2.05) is 0 Å². The van der Waals surface area contributed by atoms with Crippen LogP contribution in [0.2, 0.25) is 0 Å². The lowest BCUT2D eigenvalue weighted by molar-refractivity contribution is 0.193. The van der Waals surface area contributed by atoms with Crippen LogP contribution in [0.4, 0.5) is 10.5 Å². The molecule has 1 saturated heterocycles. The number of carbonyl (C=O) groups is 1. The molecule has 1 fully saturated rings. The molecule has 3 N–H and O–H groups in total. The van der Waals surface area contributed by atoms with Crippen LogP contribution in [-0.2, 0) is 9.84 Å². The van der Waals surface area contributed by atoms with Crippen molar-refractivity contribution in [1.82, 2.24) is 9.88 Å². The Bertz CT molecular complexity index is 577. The molecule has 7 nitrogen and oxygen atoms in total. The number of anilines is 1. The molecule has 0 aromatic carbocycles. The first-order valence-corrected chi connectivity index (χ1v) is 8.22. The van der Waals surface area contributed by atoms with Crippen LogP contribution in [0.1, 0.15) is 12.8 Å². The van der Waals surface area contributed by atoms with Crippen LogP contribution < -0.4 is 11.1 Å². The molecule has 2 amide bonds. The number of carbonyl (C=O) groups excluding carboxylic acids is 1. The van der Waals surface area contributed by atoms with Crippen molar-refractivity contribution in [3.63, 3.8) is 0 Å². The van der Waals surface area contributed by atoms with Crippen molar-refractivity contribution < 1.29 is 13.2 Å². The summed E-state index contributed by atoms with van der Waals surface area (Å²) in [6.45, 7) is 1.25. The molecule has 0 aliphatic carbocycles. The first-order valence-electron chi connectivity index (χ1n) is 6.33. The largest absolute Gasteiger partial charge is 0.381 e. The standard InChI is InChI=1S/C12H18N4O3S/c1-20(18,19)11-3-2-10(8-14-11)15-9-4-6-16(7-5-9)12(13)17/h2-3,8-9,15H,4-7H2,1H3,(H2,13,17). The zero-order valence-corrected chi connectivity index (χ0v) is 12.1. The number of piperidine rings is 1. The van der Waals surface area contributed by atoms with Crippen LogP contribution in [-0.4, -0.2) is 49.7 Å². The Labute approximate surface area is 118 Å². The number of sulfone groups is 1. The predicted octanol–water partition coefficient (Wildman–Crippen LogP) is 0.440. The summed E-state index contributed by atoms with van der Waals surface area (Å²) in [5.74, 6) is 0. The molecule has 0 atom stereocenters. The van der Waals surface area contributed by atoms with Crippen LogP contribution in [0.25, 0.3) is 0 Å². The molecule has 8 heteroatoms. The van der Waals surface area contributed by atoms with Gasteiger partial charge < -0.3 is 16.0 Å². The van der Waals surface area contributed by atoms with E-state index in [4.69, 9.17) is 5.73 Å². The summed E-state index contributed by atoms with van der Waals surface area (Å²) in [6, 6.07) is 3.03. The molecule has 2 heterocycles. The van der Waals surface area contributed by atoms with E-state index in [2.05, 4.69) is 10.3 Å². The number of urea groups is 1. The van der Waals surface area contributed by atoms with Gasteiger partial charge in [0.15, 0.2) is 14.9 Å². The van der Waals surface area contributed by atoms with Crippen LogP contribution in [0.5, 0.6) is 0 Å². The van der Waals surface area contributed by atoms with Gasteiger partial charge in [-0.25, -0.2) is 18.2 Å². The smallest absolute Gasteiger partial charge is 0.314 e. The quantitative estimate of drug-likeness (QED) is 0.842. The number of nitrogens with one attached hydrogen (secondary N) is 1. The molecular formula is C12H18N4O3S. The maximum absolute atomic E-state index is 11.3. The maximum Gasteiger partial charge on any atom is 0.314 e. The van der Waals surface area contributed by atoms with E-state index >= 15 is 0 Å². The Morgan fingerprint density at radius 3 is 2.50 bits per heavy atom. The fourth-order valence-corrected chi connectivity index (χ4v) is 2.72. The molecule has 0 radical (unpaired) electrons. The van der Waals surface area contributed by atoms with E-state index in [0.29, 0.717) is 13.1 Å². The van der Waals surface area contributed by atoms with E-state index in [0.717, 1.165) is 24.8 Å². The number of rotatable bonds is 3. The van der Waals surface area contributed by atoms with Crippen molar-refractivity contribution in [2.75, 3.05) is 24.7 Å². The zero-order chi connectivity index (χ0) is 14.8. The van der Waals surface area contributed by atoms with E-state index in [1.54, 1.807) is 11.0 Å². The van der Waals surface area contributed by atoms with E-state index in [1.165, 1.54) is 12.3 Å². The Balaban J connectivity index is 1.93.